The van der Waals surface area contributed by atoms with Gasteiger partial charge in [0.05, 0.1) is 5.56 Å². The van der Waals surface area contributed by atoms with Crippen LogP contribution in [0.3, 0.4) is 0 Å². The highest BCUT2D eigenvalue weighted by molar-refractivity contribution is 5.52. The Kier molecular flexibility index (Phi) is 3.57. The van der Waals surface area contributed by atoms with Crippen molar-refractivity contribution in [2.24, 2.45) is 5.73 Å². The lowest BCUT2D eigenvalue weighted by atomic mass is 10.1. The summed E-state index contributed by atoms with van der Waals surface area (Å²) in [5.74, 6) is 0. The maximum Gasteiger partial charge on any atom is 0.418 e. The van der Waals surface area contributed by atoms with Crippen LogP contribution in [0.5, 0.6) is 0 Å². The van der Waals surface area contributed by atoms with Crippen LogP contribution in [0, 0.1) is 0 Å². The second-order valence-corrected chi connectivity index (χ2v) is 3.40. The molecule has 1 unspecified atom stereocenters. The summed E-state index contributed by atoms with van der Waals surface area (Å²) in [6.07, 6.45) is -4.33. The SMILES string of the molecule is CC(N)CNc1ccccc1C(F)(F)F. The van der Waals surface area contributed by atoms with Crippen LogP contribution >= 0.6 is 0 Å². The Morgan fingerprint density at radius 1 is 1.33 bits per heavy atom. The molecule has 15 heavy (non-hydrogen) atoms. The zero-order valence-electron chi connectivity index (χ0n) is 8.31. The van der Waals surface area contributed by atoms with E-state index in [0.29, 0.717) is 6.54 Å². The fourth-order valence-corrected chi connectivity index (χ4v) is 1.16. The van der Waals surface area contributed by atoms with Gasteiger partial charge in [-0.2, -0.15) is 13.2 Å². The lowest BCUT2D eigenvalue weighted by Crippen LogP contribution is -2.26. The predicted octanol–water partition coefficient (Wildman–Crippen LogP) is 2.46. The molecule has 1 atom stereocenters. The van der Waals surface area contributed by atoms with E-state index in [-0.39, 0.29) is 11.7 Å². The maximum atomic E-state index is 12.5. The molecule has 0 radical (unpaired) electrons. The van der Waals surface area contributed by atoms with Gasteiger partial charge in [0.25, 0.3) is 0 Å². The molecule has 1 aromatic carbocycles. The van der Waals surface area contributed by atoms with Crippen molar-refractivity contribution in [1.82, 2.24) is 0 Å². The van der Waals surface area contributed by atoms with Crippen molar-refractivity contribution in [2.45, 2.75) is 19.1 Å². The van der Waals surface area contributed by atoms with Gasteiger partial charge >= 0.3 is 6.18 Å². The molecule has 1 rings (SSSR count). The van der Waals surface area contributed by atoms with Crippen molar-refractivity contribution in [1.29, 1.82) is 0 Å². The lowest BCUT2D eigenvalue weighted by molar-refractivity contribution is -0.136. The van der Waals surface area contributed by atoms with Gasteiger partial charge in [-0.3, -0.25) is 0 Å². The third-order valence-corrected chi connectivity index (χ3v) is 1.85. The van der Waals surface area contributed by atoms with Gasteiger partial charge in [0.15, 0.2) is 0 Å². The van der Waals surface area contributed by atoms with Crippen molar-refractivity contribution in [3.05, 3.63) is 29.8 Å². The number of hydrogen-bond acceptors (Lipinski definition) is 2. The third kappa shape index (κ3) is 3.43. The van der Waals surface area contributed by atoms with E-state index in [0.717, 1.165) is 6.07 Å². The van der Waals surface area contributed by atoms with E-state index in [4.69, 9.17) is 5.73 Å². The Morgan fingerprint density at radius 3 is 2.47 bits per heavy atom. The Balaban J connectivity index is 2.87. The van der Waals surface area contributed by atoms with Crippen LogP contribution in [0.1, 0.15) is 12.5 Å². The molecule has 84 valence electrons. The molecule has 0 spiro atoms. The molecule has 0 bridgehead atoms. The molecule has 2 nitrogen and oxygen atoms in total. The van der Waals surface area contributed by atoms with Crippen molar-refractivity contribution in [3.8, 4) is 0 Å². The first-order valence-corrected chi connectivity index (χ1v) is 4.57. The van der Waals surface area contributed by atoms with E-state index in [2.05, 4.69) is 5.32 Å². The number of nitrogens with one attached hydrogen (secondary N) is 1. The Labute approximate surface area is 86.3 Å². The summed E-state index contributed by atoms with van der Waals surface area (Å²) < 4.78 is 37.5. The van der Waals surface area contributed by atoms with E-state index in [1.165, 1.54) is 12.1 Å². The zero-order chi connectivity index (χ0) is 11.5. The predicted molar refractivity (Wildman–Crippen MR) is 53.6 cm³/mol. The smallest absolute Gasteiger partial charge is 0.383 e. The first-order valence-electron chi connectivity index (χ1n) is 4.57. The van der Waals surface area contributed by atoms with E-state index in [9.17, 15) is 13.2 Å². The molecule has 1 aromatic rings. The quantitative estimate of drug-likeness (QED) is 0.817. The standard InChI is InChI=1S/C10H13F3N2/c1-7(14)6-15-9-5-3-2-4-8(9)10(11,12)13/h2-5,7,15H,6,14H2,1H3. The normalized spacial score (nSPS) is 13.7. The average Bonchev–Trinajstić information content (AvgIpc) is 2.13. The summed E-state index contributed by atoms with van der Waals surface area (Å²) in [7, 11) is 0. The monoisotopic (exact) mass is 218 g/mol. The first kappa shape index (κ1) is 11.8. The fraction of sp³-hybridized carbons (Fsp3) is 0.400. The summed E-state index contributed by atoms with van der Waals surface area (Å²) in [4.78, 5) is 0. The van der Waals surface area contributed by atoms with Crippen molar-refractivity contribution in [3.63, 3.8) is 0 Å². The Morgan fingerprint density at radius 2 is 1.93 bits per heavy atom. The van der Waals surface area contributed by atoms with E-state index in [1.54, 1.807) is 13.0 Å². The second kappa shape index (κ2) is 4.53. The topological polar surface area (TPSA) is 38.0 Å². The van der Waals surface area contributed by atoms with Crippen LogP contribution in [0.25, 0.3) is 0 Å². The van der Waals surface area contributed by atoms with Gasteiger partial charge in [0.2, 0.25) is 0 Å². The van der Waals surface area contributed by atoms with Gasteiger partial charge in [-0.25, -0.2) is 0 Å². The average molecular weight is 218 g/mol. The highest BCUT2D eigenvalue weighted by Gasteiger charge is 2.32. The molecule has 0 aliphatic carbocycles. The molecule has 0 aliphatic heterocycles. The minimum Gasteiger partial charge on any atom is -0.383 e. The van der Waals surface area contributed by atoms with Gasteiger partial charge in [0.1, 0.15) is 0 Å². The van der Waals surface area contributed by atoms with Crippen LogP contribution in [-0.2, 0) is 6.18 Å². The zero-order valence-corrected chi connectivity index (χ0v) is 8.31. The number of alkyl halides is 3. The molecule has 0 fully saturated rings. The summed E-state index contributed by atoms with van der Waals surface area (Å²) in [6.45, 7) is 2.04. The molecule has 5 heteroatoms. The van der Waals surface area contributed by atoms with Gasteiger partial charge < -0.3 is 11.1 Å². The number of halogens is 3. The molecule has 0 aliphatic rings. The molecular weight excluding hydrogens is 205 g/mol. The molecule has 0 saturated carbocycles. The fourth-order valence-electron chi connectivity index (χ4n) is 1.16. The number of benzene rings is 1. The Hall–Kier alpha value is -1.23. The number of rotatable bonds is 3. The van der Waals surface area contributed by atoms with E-state index in [1.807, 2.05) is 0 Å². The Bertz CT molecular complexity index is 321. The first-order chi connectivity index (χ1) is 6.91. The van der Waals surface area contributed by atoms with Gasteiger partial charge in [0, 0.05) is 18.3 Å². The number of nitrogens with two attached hydrogens (primary N) is 1. The maximum absolute atomic E-state index is 12.5. The molecule has 3 N–H and O–H groups in total. The second-order valence-electron chi connectivity index (χ2n) is 3.40. The third-order valence-electron chi connectivity index (χ3n) is 1.85. The summed E-state index contributed by atoms with van der Waals surface area (Å²) in [5.41, 5.74) is 4.87. The summed E-state index contributed by atoms with van der Waals surface area (Å²) in [6, 6.07) is 5.17. The van der Waals surface area contributed by atoms with Crippen LogP contribution in [-0.4, -0.2) is 12.6 Å². The number of para-hydroxylation sites is 1. The number of hydrogen-bond donors (Lipinski definition) is 2. The summed E-state index contributed by atoms with van der Waals surface area (Å²) >= 11 is 0. The van der Waals surface area contributed by atoms with Gasteiger partial charge in [-0.1, -0.05) is 12.1 Å². The molecular formula is C10H13F3N2. The minimum atomic E-state index is -4.33. The minimum absolute atomic E-state index is 0.0716. The van der Waals surface area contributed by atoms with Crippen LogP contribution in [0.2, 0.25) is 0 Å². The van der Waals surface area contributed by atoms with Crippen LogP contribution < -0.4 is 11.1 Å². The lowest BCUT2D eigenvalue weighted by Gasteiger charge is -2.15. The summed E-state index contributed by atoms with van der Waals surface area (Å²) in [5, 5.41) is 2.67. The molecule has 0 heterocycles. The van der Waals surface area contributed by atoms with Gasteiger partial charge in [-0.15, -0.1) is 0 Å². The van der Waals surface area contributed by atoms with E-state index < -0.39 is 11.7 Å². The highest BCUT2D eigenvalue weighted by atomic mass is 19.4. The van der Waals surface area contributed by atoms with Crippen LogP contribution in [0.15, 0.2) is 24.3 Å². The van der Waals surface area contributed by atoms with Crippen LogP contribution in [0.4, 0.5) is 18.9 Å². The van der Waals surface area contributed by atoms with E-state index >= 15 is 0 Å². The highest BCUT2D eigenvalue weighted by Crippen LogP contribution is 2.34. The van der Waals surface area contributed by atoms with Crippen molar-refractivity contribution >= 4 is 5.69 Å². The van der Waals surface area contributed by atoms with Crippen molar-refractivity contribution < 1.29 is 13.2 Å². The molecule has 0 aromatic heterocycles. The molecule has 0 amide bonds. The largest absolute Gasteiger partial charge is 0.418 e. The molecule has 0 saturated heterocycles. The van der Waals surface area contributed by atoms with Gasteiger partial charge in [-0.05, 0) is 19.1 Å². The number of anilines is 1. The van der Waals surface area contributed by atoms with Crippen molar-refractivity contribution in [2.75, 3.05) is 11.9 Å².